The molecule has 1 aliphatic heterocycles. The van der Waals surface area contributed by atoms with E-state index in [1.165, 1.54) is 12.8 Å². The molecule has 0 N–H and O–H groups in total. The second-order valence-electron chi connectivity index (χ2n) is 5.87. The number of ether oxygens (including phenoxy) is 2. The highest BCUT2D eigenvalue weighted by Gasteiger charge is 2.44. The zero-order chi connectivity index (χ0) is 13.0. The van der Waals surface area contributed by atoms with Gasteiger partial charge in [0.2, 0.25) is 0 Å². The molecule has 0 aromatic carbocycles. The molecule has 2 aliphatic rings. The molecule has 104 valence electrons. The largest absolute Gasteiger partial charge is 0.381 e. The highest BCUT2D eigenvalue weighted by atomic mass is 16.5. The van der Waals surface area contributed by atoms with Crippen molar-refractivity contribution in [3.63, 3.8) is 0 Å². The molecule has 0 amide bonds. The van der Waals surface area contributed by atoms with Crippen LogP contribution in [0.4, 0.5) is 0 Å². The smallest absolute Gasteiger partial charge is 0.167 e. The Kier molecular flexibility index (Phi) is 4.79. The van der Waals surface area contributed by atoms with E-state index in [1.807, 2.05) is 6.92 Å². The van der Waals surface area contributed by atoms with Crippen molar-refractivity contribution in [2.75, 3.05) is 19.8 Å². The van der Waals surface area contributed by atoms with Gasteiger partial charge in [0.05, 0.1) is 0 Å². The average Bonchev–Trinajstić information content (AvgIpc) is 2.39. The van der Waals surface area contributed by atoms with Crippen LogP contribution in [0.2, 0.25) is 0 Å². The fourth-order valence-electron chi connectivity index (χ4n) is 3.48. The predicted molar refractivity (Wildman–Crippen MR) is 70.5 cm³/mol. The Bertz CT molecular complexity index is 276. The van der Waals surface area contributed by atoms with Gasteiger partial charge < -0.3 is 9.47 Å². The summed E-state index contributed by atoms with van der Waals surface area (Å²) >= 11 is 0. The van der Waals surface area contributed by atoms with Crippen LogP contribution in [0.25, 0.3) is 0 Å². The number of ketones is 1. The van der Waals surface area contributed by atoms with Crippen LogP contribution in [0.15, 0.2) is 0 Å². The van der Waals surface area contributed by atoms with Crippen molar-refractivity contribution in [2.24, 2.45) is 11.8 Å². The lowest BCUT2D eigenvalue weighted by atomic mass is 9.73. The van der Waals surface area contributed by atoms with Crippen LogP contribution in [0.1, 0.15) is 52.4 Å². The number of rotatable bonds is 4. The molecule has 1 heterocycles. The van der Waals surface area contributed by atoms with Crippen LogP contribution in [-0.2, 0) is 14.3 Å². The molecule has 1 saturated carbocycles. The van der Waals surface area contributed by atoms with Gasteiger partial charge in [-0.25, -0.2) is 0 Å². The molecule has 2 atom stereocenters. The van der Waals surface area contributed by atoms with Gasteiger partial charge in [-0.2, -0.15) is 0 Å². The molecule has 3 heteroatoms. The van der Waals surface area contributed by atoms with E-state index in [4.69, 9.17) is 9.47 Å². The Balaban J connectivity index is 2.07. The zero-order valence-corrected chi connectivity index (χ0v) is 11.7. The minimum Gasteiger partial charge on any atom is -0.381 e. The van der Waals surface area contributed by atoms with Crippen LogP contribution in [-0.4, -0.2) is 31.2 Å². The summed E-state index contributed by atoms with van der Waals surface area (Å²) in [5.74, 6) is 1.27. The Hall–Kier alpha value is -0.410. The SMILES string of the molecule is CCOC1(C(=O)C2CCCC(C)C2)CCOCC1. The van der Waals surface area contributed by atoms with Crippen molar-refractivity contribution in [3.05, 3.63) is 0 Å². The summed E-state index contributed by atoms with van der Waals surface area (Å²) in [6, 6.07) is 0. The van der Waals surface area contributed by atoms with Crippen molar-refractivity contribution in [2.45, 2.75) is 58.0 Å². The monoisotopic (exact) mass is 254 g/mol. The molecule has 0 bridgehead atoms. The number of hydrogen-bond donors (Lipinski definition) is 0. The summed E-state index contributed by atoms with van der Waals surface area (Å²) in [7, 11) is 0. The van der Waals surface area contributed by atoms with Crippen LogP contribution < -0.4 is 0 Å². The number of hydrogen-bond acceptors (Lipinski definition) is 3. The van der Waals surface area contributed by atoms with Crippen LogP contribution >= 0.6 is 0 Å². The van der Waals surface area contributed by atoms with E-state index in [1.54, 1.807) is 0 Å². The lowest BCUT2D eigenvalue weighted by molar-refractivity contribution is -0.163. The molecule has 2 fully saturated rings. The van der Waals surface area contributed by atoms with E-state index < -0.39 is 5.60 Å². The molecule has 0 aromatic rings. The molecule has 2 unspecified atom stereocenters. The van der Waals surface area contributed by atoms with Crippen molar-refractivity contribution in [1.29, 1.82) is 0 Å². The predicted octanol–water partition coefficient (Wildman–Crippen LogP) is 2.97. The minimum absolute atomic E-state index is 0.221. The van der Waals surface area contributed by atoms with E-state index in [-0.39, 0.29) is 5.92 Å². The molecule has 18 heavy (non-hydrogen) atoms. The van der Waals surface area contributed by atoms with Crippen LogP contribution in [0, 0.1) is 11.8 Å². The second kappa shape index (κ2) is 6.16. The standard InChI is InChI=1S/C15H26O3/c1-3-18-15(7-9-17-10-8-15)14(16)13-6-4-5-12(2)11-13/h12-13H,3-11H2,1-2H3. The molecule has 2 rings (SSSR count). The first-order chi connectivity index (χ1) is 8.68. The normalized spacial score (nSPS) is 32.1. The highest BCUT2D eigenvalue weighted by Crippen LogP contribution is 2.36. The third-order valence-corrected chi connectivity index (χ3v) is 4.48. The van der Waals surface area contributed by atoms with E-state index in [0.717, 1.165) is 25.7 Å². The van der Waals surface area contributed by atoms with E-state index in [9.17, 15) is 4.79 Å². The molecule has 3 nitrogen and oxygen atoms in total. The van der Waals surface area contributed by atoms with Crippen molar-refractivity contribution >= 4 is 5.78 Å². The lowest BCUT2D eigenvalue weighted by Gasteiger charge is -2.39. The third-order valence-electron chi connectivity index (χ3n) is 4.48. The average molecular weight is 254 g/mol. The quantitative estimate of drug-likeness (QED) is 0.773. The Morgan fingerprint density at radius 2 is 2.06 bits per heavy atom. The topological polar surface area (TPSA) is 35.5 Å². The number of carbonyl (C=O) groups excluding carboxylic acids is 1. The number of Topliss-reactive ketones (excluding diaryl/α,β-unsaturated/α-hetero) is 1. The van der Waals surface area contributed by atoms with Crippen LogP contribution in [0.3, 0.4) is 0 Å². The fraction of sp³-hybridized carbons (Fsp3) is 0.933. The molecule has 0 spiro atoms. The first-order valence-electron chi connectivity index (χ1n) is 7.44. The molecular formula is C15H26O3. The fourth-order valence-corrected chi connectivity index (χ4v) is 3.48. The summed E-state index contributed by atoms with van der Waals surface area (Å²) in [5, 5.41) is 0. The van der Waals surface area contributed by atoms with Gasteiger partial charge in [0.1, 0.15) is 5.60 Å². The second-order valence-corrected chi connectivity index (χ2v) is 5.87. The van der Waals surface area contributed by atoms with Gasteiger partial charge >= 0.3 is 0 Å². The number of carbonyl (C=O) groups is 1. The van der Waals surface area contributed by atoms with Gasteiger partial charge in [0.15, 0.2) is 5.78 Å². The van der Waals surface area contributed by atoms with Crippen molar-refractivity contribution in [1.82, 2.24) is 0 Å². The van der Waals surface area contributed by atoms with Gasteiger partial charge in [0.25, 0.3) is 0 Å². The first kappa shape index (κ1) is 14.0. The van der Waals surface area contributed by atoms with Gasteiger partial charge in [-0.3, -0.25) is 4.79 Å². The maximum atomic E-state index is 12.8. The Morgan fingerprint density at radius 3 is 2.67 bits per heavy atom. The zero-order valence-electron chi connectivity index (χ0n) is 11.7. The lowest BCUT2D eigenvalue weighted by Crippen LogP contribution is -2.50. The summed E-state index contributed by atoms with van der Waals surface area (Å²) in [6.07, 6.45) is 6.05. The Morgan fingerprint density at radius 1 is 1.33 bits per heavy atom. The summed E-state index contributed by atoms with van der Waals surface area (Å²) < 4.78 is 11.3. The summed E-state index contributed by atoms with van der Waals surface area (Å²) in [5.41, 5.74) is -0.533. The van der Waals surface area contributed by atoms with E-state index >= 15 is 0 Å². The molecular weight excluding hydrogens is 228 g/mol. The maximum Gasteiger partial charge on any atom is 0.167 e. The highest BCUT2D eigenvalue weighted by molar-refractivity contribution is 5.89. The molecule has 0 aromatic heterocycles. The van der Waals surface area contributed by atoms with Gasteiger partial charge in [-0.05, 0) is 25.7 Å². The van der Waals surface area contributed by atoms with Crippen molar-refractivity contribution in [3.8, 4) is 0 Å². The van der Waals surface area contributed by atoms with Crippen LogP contribution in [0.5, 0.6) is 0 Å². The minimum atomic E-state index is -0.533. The molecule has 1 aliphatic carbocycles. The van der Waals surface area contributed by atoms with E-state index in [2.05, 4.69) is 6.92 Å². The van der Waals surface area contributed by atoms with Gasteiger partial charge in [-0.15, -0.1) is 0 Å². The summed E-state index contributed by atoms with van der Waals surface area (Å²) in [6.45, 7) is 6.18. The molecule has 1 saturated heterocycles. The Labute approximate surface area is 110 Å². The third kappa shape index (κ3) is 2.94. The molecule has 0 radical (unpaired) electrons. The first-order valence-corrected chi connectivity index (χ1v) is 7.44. The summed E-state index contributed by atoms with van der Waals surface area (Å²) in [4.78, 5) is 12.8. The van der Waals surface area contributed by atoms with Crippen molar-refractivity contribution < 1.29 is 14.3 Å². The van der Waals surface area contributed by atoms with Gasteiger partial charge in [0, 0.05) is 38.6 Å². The van der Waals surface area contributed by atoms with E-state index in [0.29, 0.717) is 31.5 Å². The maximum absolute atomic E-state index is 12.8. The van der Waals surface area contributed by atoms with Gasteiger partial charge in [-0.1, -0.05) is 19.8 Å².